The average molecular weight is 315 g/mol. The molecule has 1 aromatic rings. The van der Waals surface area contributed by atoms with E-state index in [0.717, 1.165) is 19.3 Å². The molecule has 1 aromatic carbocycles. The molecule has 0 aliphatic carbocycles. The highest BCUT2D eigenvalue weighted by atomic mass is 32.2. The maximum absolute atomic E-state index is 13.3. The highest BCUT2D eigenvalue weighted by Gasteiger charge is 2.31. The first-order valence-corrected chi connectivity index (χ1v) is 8.58. The Morgan fingerprint density at radius 2 is 2.14 bits per heavy atom. The summed E-state index contributed by atoms with van der Waals surface area (Å²) in [5.41, 5.74) is 0.809. The highest BCUT2D eigenvalue weighted by Crippen LogP contribution is 2.22. The molecule has 1 fully saturated rings. The second-order valence-corrected chi connectivity index (χ2v) is 7.01. The Hall–Kier alpha value is -1.18. The Morgan fingerprint density at radius 1 is 1.38 bits per heavy atom. The van der Waals surface area contributed by atoms with Crippen molar-refractivity contribution in [2.75, 3.05) is 24.9 Å². The molecule has 0 bridgehead atoms. The van der Waals surface area contributed by atoms with Gasteiger partial charge in [0.25, 0.3) is 0 Å². The molecule has 1 heterocycles. The fraction of sp³-hybridized carbons (Fsp3) is 0.571. The molecule has 1 aliphatic rings. The lowest BCUT2D eigenvalue weighted by Crippen LogP contribution is -2.49. The van der Waals surface area contributed by atoms with Gasteiger partial charge in [-0.1, -0.05) is 6.42 Å². The number of halogens is 1. The van der Waals surface area contributed by atoms with Crippen molar-refractivity contribution in [1.82, 2.24) is 9.62 Å². The van der Waals surface area contributed by atoms with Crippen LogP contribution in [0.4, 0.5) is 10.1 Å². The minimum absolute atomic E-state index is 0.0391. The van der Waals surface area contributed by atoms with Gasteiger partial charge in [0.05, 0.1) is 5.69 Å². The van der Waals surface area contributed by atoms with Crippen LogP contribution in [0.3, 0.4) is 0 Å². The van der Waals surface area contributed by atoms with Crippen LogP contribution in [0.15, 0.2) is 18.2 Å². The highest BCUT2D eigenvalue weighted by molar-refractivity contribution is 7.90. The average Bonchev–Trinajstić information content (AvgIpc) is 2.43. The van der Waals surface area contributed by atoms with Crippen LogP contribution < -0.4 is 10.0 Å². The Labute approximate surface area is 125 Å². The number of hydrogen-bond acceptors (Lipinski definition) is 3. The number of nitrogens with one attached hydrogen (secondary N) is 2. The second kappa shape index (κ2) is 6.72. The number of anilines is 1. The van der Waals surface area contributed by atoms with E-state index in [-0.39, 0.29) is 11.9 Å². The monoisotopic (exact) mass is 315 g/mol. The molecule has 0 aromatic heterocycles. The van der Waals surface area contributed by atoms with E-state index in [1.54, 1.807) is 6.92 Å². The summed E-state index contributed by atoms with van der Waals surface area (Å²) in [6, 6.07) is 4.18. The van der Waals surface area contributed by atoms with Crippen LogP contribution in [0.25, 0.3) is 0 Å². The first kappa shape index (κ1) is 16.2. The molecule has 0 radical (unpaired) electrons. The first-order chi connectivity index (χ1) is 9.94. The number of benzene rings is 1. The molecule has 118 valence electrons. The Kier molecular flexibility index (Phi) is 5.18. The summed E-state index contributed by atoms with van der Waals surface area (Å²) in [5, 5.41) is 3.04. The van der Waals surface area contributed by atoms with Crippen LogP contribution >= 0.6 is 0 Å². The zero-order valence-corrected chi connectivity index (χ0v) is 13.2. The van der Waals surface area contributed by atoms with Crippen molar-refractivity contribution in [2.45, 2.75) is 32.2 Å². The van der Waals surface area contributed by atoms with Gasteiger partial charge in [0, 0.05) is 19.1 Å². The van der Waals surface area contributed by atoms with Crippen LogP contribution in [0.1, 0.15) is 24.8 Å². The van der Waals surface area contributed by atoms with E-state index in [2.05, 4.69) is 10.0 Å². The SMILES string of the molecule is CNCC1CCCCN1S(=O)(=O)Nc1ccc(F)c(C)c1. The van der Waals surface area contributed by atoms with Crippen molar-refractivity contribution in [3.8, 4) is 0 Å². The largest absolute Gasteiger partial charge is 0.318 e. The maximum Gasteiger partial charge on any atom is 0.301 e. The topological polar surface area (TPSA) is 61.4 Å². The molecule has 1 aliphatic heterocycles. The van der Waals surface area contributed by atoms with Crippen molar-refractivity contribution in [3.05, 3.63) is 29.6 Å². The molecular formula is C14H22FN3O2S. The fourth-order valence-corrected chi connectivity index (χ4v) is 4.13. The Balaban J connectivity index is 2.17. The molecular weight excluding hydrogens is 293 g/mol. The molecule has 0 spiro atoms. The van der Waals surface area contributed by atoms with Gasteiger partial charge >= 0.3 is 10.2 Å². The van der Waals surface area contributed by atoms with Crippen molar-refractivity contribution >= 4 is 15.9 Å². The number of likely N-dealkylation sites (N-methyl/N-ethyl adjacent to an activating group) is 1. The zero-order chi connectivity index (χ0) is 15.5. The third-order valence-electron chi connectivity index (χ3n) is 3.73. The van der Waals surface area contributed by atoms with Crippen LogP contribution in [0, 0.1) is 12.7 Å². The number of nitrogens with zero attached hydrogens (tertiary/aromatic N) is 1. The third-order valence-corrected chi connectivity index (χ3v) is 5.32. The third kappa shape index (κ3) is 3.93. The van der Waals surface area contributed by atoms with E-state index >= 15 is 0 Å². The van der Waals surface area contributed by atoms with Crippen molar-refractivity contribution in [2.24, 2.45) is 0 Å². The summed E-state index contributed by atoms with van der Waals surface area (Å²) in [6.07, 6.45) is 2.75. The van der Waals surface area contributed by atoms with E-state index in [4.69, 9.17) is 0 Å². The summed E-state index contributed by atoms with van der Waals surface area (Å²) in [4.78, 5) is 0. The summed E-state index contributed by atoms with van der Waals surface area (Å²) in [7, 11) is -1.80. The maximum atomic E-state index is 13.3. The smallest absolute Gasteiger partial charge is 0.301 e. The van der Waals surface area contributed by atoms with Gasteiger partial charge in [-0.15, -0.1) is 0 Å². The molecule has 2 N–H and O–H groups in total. The minimum atomic E-state index is -3.62. The van der Waals surface area contributed by atoms with Crippen LogP contribution in [-0.2, 0) is 10.2 Å². The zero-order valence-electron chi connectivity index (χ0n) is 12.4. The lowest BCUT2D eigenvalue weighted by Gasteiger charge is -2.34. The van der Waals surface area contributed by atoms with E-state index in [0.29, 0.717) is 24.3 Å². The lowest BCUT2D eigenvalue weighted by atomic mass is 10.1. The van der Waals surface area contributed by atoms with E-state index in [1.807, 2.05) is 7.05 Å². The van der Waals surface area contributed by atoms with Gasteiger partial charge < -0.3 is 5.32 Å². The predicted octanol–water partition coefficient (Wildman–Crippen LogP) is 1.86. The van der Waals surface area contributed by atoms with Gasteiger partial charge in [0.15, 0.2) is 0 Å². The van der Waals surface area contributed by atoms with E-state index in [1.165, 1.54) is 22.5 Å². The fourth-order valence-electron chi connectivity index (χ4n) is 2.65. The number of aryl methyl sites for hydroxylation is 1. The van der Waals surface area contributed by atoms with Gasteiger partial charge in [0.1, 0.15) is 5.82 Å². The molecule has 0 amide bonds. The lowest BCUT2D eigenvalue weighted by molar-refractivity contribution is 0.250. The first-order valence-electron chi connectivity index (χ1n) is 7.14. The van der Waals surface area contributed by atoms with E-state index < -0.39 is 10.2 Å². The second-order valence-electron chi connectivity index (χ2n) is 5.39. The Morgan fingerprint density at radius 3 is 2.81 bits per heavy atom. The van der Waals surface area contributed by atoms with Gasteiger partial charge in [-0.25, -0.2) is 4.39 Å². The molecule has 2 rings (SSSR count). The van der Waals surface area contributed by atoms with Gasteiger partial charge in [-0.05, 0) is 50.6 Å². The van der Waals surface area contributed by atoms with Crippen LogP contribution in [0.5, 0.6) is 0 Å². The minimum Gasteiger partial charge on any atom is -0.318 e. The molecule has 1 unspecified atom stereocenters. The standard InChI is InChI=1S/C14H22FN3O2S/c1-11-9-12(6-7-14(11)15)17-21(19,20)18-8-4-3-5-13(18)10-16-2/h6-7,9,13,16-17H,3-5,8,10H2,1-2H3. The molecule has 21 heavy (non-hydrogen) atoms. The predicted molar refractivity (Wildman–Crippen MR) is 82.0 cm³/mol. The van der Waals surface area contributed by atoms with E-state index in [9.17, 15) is 12.8 Å². The van der Waals surface area contributed by atoms with Crippen LogP contribution in [-0.4, -0.2) is 38.9 Å². The molecule has 1 atom stereocenters. The van der Waals surface area contributed by atoms with Gasteiger partial charge in [-0.3, -0.25) is 4.72 Å². The number of rotatable bonds is 5. The quantitative estimate of drug-likeness (QED) is 0.872. The summed E-state index contributed by atoms with van der Waals surface area (Å²) >= 11 is 0. The summed E-state index contributed by atoms with van der Waals surface area (Å²) in [5.74, 6) is -0.344. The van der Waals surface area contributed by atoms with Crippen molar-refractivity contribution in [1.29, 1.82) is 0 Å². The van der Waals surface area contributed by atoms with Crippen molar-refractivity contribution < 1.29 is 12.8 Å². The normalized spacial score (nSPS) is 20.4. The van der Waals surface area contributed by atoms with Crippen molar-refractivity contribution in [3.63, 3.8) is 0 Å². The number of hydrogen-bond donors (Lipinski definition) is 2. The summed E-state index contributed by atoms with van der Waals surface area (Å²) in [6.45, 7) is 2.75. The molecule has 1 saturated heterocycles. The molecule has 5 nitrogen and oxygen atoms in total. The van der Waals surface area contributed by atoms with Crippen LogP contribution in [0.2, 0.25) is 0 Å². The summed E-state index contributed by atoms with van der Waals surface area (Å²) < 4.78 is 42.4. The van der Waals surface area contributed by atoms with Gasteiger partial charge in [-0.2, -0.15) is 12.7 Å². The Bertz CT molecular complexity index is 590. The molecule has 0 saturated carbocycles. The van der Waals surface area contributed by atoms with Gasteiger partial charge in [0.2, 0.25) is 0 Å². The molecule has 7 heteroatoms. The number of piperidine rings is 1.